The molecular formula is C25H24N2O5S. The molecule has 0 radical (unpaired) electrons. The molecule has 1 aromatic heterocycles. The monoisotopic (exact) mass is 464 g/mol. The second-order valence-corrected chi connectivity index (χ2v) is 9.06. The normalized spacial score (nSPS) is 16.7. The van der Waals surface area contributed by atoms with Gasteiger partial charge in [-0.2, -0.15) is 0 Å². The molecule has 3 aromatic rings. The fraction of sp³-hybridized carbons (Fsp3) is 0.280. The number of benzene rings is 2. The van der Waals surface area contributed by atoms with Crippen molar-refractivity contribution in [2.75, 3.05) is 12.1 Å². The zero-order valence-corrected chi connectivity index (χ0v) is 19.0. The van der Waals surface area contributed by atoms with E-state index in [4.69, 9.17) is 14.2 Å². The number of ether oxygens (including phenoxy) is 3. The summed E-state index contributed by atoms with van der Waals surface area (Å²) in [5.74, 6) is 1.93. The van der Waals surface area contributed by atoms with E-state index in [-0.39, 0.29) is 18.6 Å². The summed E-state index contributed by atoms with van der Waals surface area (Å²) in [4.78, 5) is 28.4. The highest BCUT2D eigenvalue weighted by Crippen LogP contribution is 2.34. The second-order valence-electron chi connectivity index (χ2n) is 8.02. The highest BCUT2D eigenvalue weighted by atomic mass is 32.1. The summed E-state index contributed by atoms with van der Waals surface area (Å²) in [5, 5.41) is 4.91. The van der Waals surface area contributed by atoms with Crippen molar-refractivity contribution in [2.45, 2.75) is 39.0 Å². The van der Waals surface area contributed by atoms with Crippen molar-refractivity contribution in [1.29, 1.82) is 0 Å². The molecule has 0 unspecified atom stereocenters. The summed E-state index contributed by atoms with van der Waals surface area (Å²) in [6.45, 7) is 2.95. The first kappa shape index (κ1) is 21.3. The Morgan fingerprint density at radius 3 is 2.79 bits per heavy atom. The van der Waals surface area contributed by atoms with Crippen molar-refractivity contribution in [1.82, 2.24) is 4.90 Å². The topological polar surface area (TPSA) is 77.1 Å². The molecule has 7 nitrogen and oxygen atoms in total. The van der Waals surface area contributed by atoms with Crippen molar-refractivity contribution in [3.63, 3.8) is 0 Å². The number of anilines is 1. The van der Waals surface area contributed by atoms with Gasteiger partial charge in [-0.3, -0.25) is 9.59 Å². The molecule has 0 saturated heterocycles. The lowest BCUT2D eigenvalue weighted by Crippen LogP contribution is -2.38. The Bertz CT molecular complexity index is 1180. The minimum atomic E-state index is -0.556. The Balaban J connectivity index is 1.36. The van der Waals surface area contributed by atoms with E-state index in [1.807, 2.05) is 60.8 Å². The molecule has 170 valence electrons. The van der Waals surface area contributed by atoms with Crippen LogP contribution in [0.1, 0.15) is 29.3 Å². The Kier molecular flexibility index (Phi) is 5.92. The van der Waals surface area contributed by atoms with Gasteiger partial charge in [-0.25, -0.2) is 0 Å². The number of amides is 2. The zero-order chi connectivity index (χ0) is 22.8. The molecule has 2 amide bonds. The molecule has 1 atom stereocenters. The number of hydrogen-bond acceptors (Lipinski definition) is 6. The molecule has 2 aliphatic heterocycles. The van der Waals surface area contributed by atoms with Crippen molar-refractivity contribution >= 4 is 28.8 Å². The molecule has 0 spiro atoms. The summed E-state index contributed by atoms with van der Waals surface area (Å²) in [6, 6.07) is 15.1. The summed E-state index contributed by atoms with van der Waals surface area (Å²) in [5.41, 5.74) is 2.49. The van der Waals surface area contributed by atoms with Crippen LogP contribution in [0.3, 0.4) is 0 Å². The van der Waals surface area contributed by atoms with Crippen LogP contribution in [-0.2, 0) is 29.1 Å². The van der Waals surface area contributed by atoms with Crippen LogP contribution in [0.4, 0.5) is 5.69 Å². The third-order valence-electron chi connectivity index (χ3n) is 5.66. The van der Waals surface area contributed by atoms with Gasteiger partial charge in [0.25, 0.3) is 5.91 Å². The third kappa shape index (κ3) is 4.66. The van der Waals surface area contributed by atoms with Crippen molar-refractivity contribution in [3.8, 4) is 17.2 Å². The lowest BCUT2D eigenvalue weighted by atomic mass is 10.1. The number of thiophene rings is 1. The van der Waals surface area contributed by atoms with Gasteiger partial charge in [-0.05, 0) is 53.8 Å². The second kappa shape index (κ2) is 9.15. The average molecular weight is 465 g/mol. The van der Waals surface area contributed by atoms with E-state index < -0.39 is 6.10 Å². The Morgan fingerprint density at radius 1 is 1.12 bits per heavy atom. The molecule has 3 heterocycles. The van der Waals surface area contributed by atoms with Crippen LogP contribution < -0.4 is 19.5 Å². The smallest absolute Gasteiger partial charge is 0.264 e. The summed E-state index contributed by atoms with van der Waals surface area (Å²) in [6.07, 6.45) is 0.340. The van der Waals surface area contributed by atoms with Gasteiger partial charge in [0.1, 0.15) is 5.75 Å². The maximum Gasteiger partial charge on any atom is 0.264 e. The van der Waals surface area contributed by atoms with Gasteiger partial charge in [0, 0.05) is 29.2 Å². The van der Waals surface area contributed by atoms with Crippen LogP contribution in [0.5, 0.6) is 17.2 Å². The zero-order valence-electron chi connectivity index (χ0n) is 18.2. The van der Waals surface area contributed by atoms with Gasteiger partial charge in [0.15, 0.2) is 17.6 Å². The fourth-order valence-electron chi connectivity index (χ4n) is 4.01. The predicted octanol–water partition coefficient (Wildman–Crippen LogP) is 4.36. The molecule has 1 N–H and O–H groups in total. The summed E-state index contributed by atoms with van der Waals surface area (Å²) < 4.78 is 16.9. The van der Waals surface area contributed by atoms with E-state index in [0.29, 0.717) is 48.9 Å². The van der Waals surface area contributed by atoms with Gasteiger partial charge in [-0.15, -0.1) is 11.3 Å². The van der Waals surface area contributed by atoms with Gasteiger partial charge in [-0.1, -0.05) is 19.1 Å². The molecule has 0 aliphatic carbocycles. The van der Waals surface area contributed by atoms with E-state index in [1.165, 1.54) is 0 Å². The number of nitrogens with zero attached hydrogens (tertiary/aromatic N) is 1. The Morgan fingerprint density at radius 2 is 1.97 bits per heavy atom. The summed E-state index contributed by atoms with van der Waals surface area (Å²) >= 11 is 1.56. The van der Waals surface area contributed by atoms with Crippen LogP contribution >= 0.6 is 11.3 Å². The fourth-order valence-corrected chi connectivity index (χ4v) is 4.72. The predicted molar refractivity (Wildman–Crippen MR) is 125 cm³/mol. The molecule has 33 heavy (non-hydrogen) atoms. The van der Waals surface area contributed by atoms with E-state index >= 15 is 0 Å². The molecule has 0 fully saturated rings. The maximum atomic E-state index is 13.2. The van der Waals surface area contributed by atoms with Crippen molar-refractivity contribution < 1.29 is 23.8 Å². The largest absolute Gasteiger partial charge is 0.480 e. The lowest BCUT2D eigenvalue weighted by Gasteiger charge is -2.23. The van der Waals surface area contributed by atoms with Crippen LogP contribution in [0, 0.1) is 0 Å². The van der Waals surface area contributed by atoms with Gasteiger partial charge in [0.2, 0.25) is 12.7 Å². The quantitative estimate of drug-likeness (QED) is 0.587. The first-order chi connectivity index (χ1) is 16.1. The van der Waals surface area contributed by atoms with E-state index in [2.05, 4.69) is 5.32 Å². The van der Waals surface area contributed by atoms with Gasteiger partial charge in [0.05, 0.1) is 6.42 Å². The first-order valence-corrected chi connectivity index (χ1v) is 11.8. The molecule has 8 heteroatoms. The summed E-state index contributed by atoms with van der Waals surface area (Å²) in [7, 11) is 0. The van der Waals surface area contributed by atoms with E-state index in [9.17, 15) is 9.59 Å². The van der Waals surface area contributed by atoms with E-state index in [0.717, 1.165) is 16.0 Å². The Hall–Kier alpha value is -3.52. The van der Waals surface area contributed by atoms with Crippen molar-refractivity contribution in [2.24, 2.45) is 0 Å². The van der Waals surface area contributed by atoms with Gasteiger partial charge < -0.3 is 24.4 Å². The minimum Gasteiger partial charge on any atom is -0.480 e. The SMILES string of the molecule is CC[C@H]1Oc2ccc(NC(=O)Cc3cccs3)cc2CN(Cc2ccc3c(c2)OCO3)C1=O. The van der Waals surface area contributed by atoms with Crippen LogP contribution in [0.25, 0.3) is 0 Å². The minimum absolute atomic E-state index is 0.0605. The molecule has 0 saturated carbocycles. The molecule has 5 rings (SSSR count). The molecule has 2 aromatic carbocycles. The number of hydrogen-bond donors (Lipinski definition) is 1. The molecule has 0 bridgehead atoms. The van der Waals surface area contributed by atoms with Crippen molar-refractivity contribution in [3.05, 3.63) is 69.9 Å². The first-order valence-electron chi connectivity index (χ1n) is 10.9. The third-order valence-corrected chi connectivity index (χ3v) is 6.53. The molecule has 2 aliphatic rings. The Labute approximate surface area is 195 Å². The molecular weight excluding hydrogens is 440 g/mol. The number of rotatable bonds is 6. The highest BCUT2D eigenvalue weighted by Gasteiger charge is 2.30. The van der Waals surface area contributed by atoms with Gasteiger partial charge >= 0.3 is 0 Å². The number of nitrogens with one attached hydrogen (secondary N) is 1. The highest BCUT2D eigenvalue weighted by molar-refractivity contribution is 7.10. The van der Waals surface area contributed by atoms with E-state index in [1.54, 1.807) is 16.2 Å². The lowest BCUT2D eigenvalue weighted by molar-refractivity contribution is -0.139. The number of carbonyl (C=O) groups excluding carboxylic acids is 2. The number of fused-ring (bicyclic) bond motifs is 2. The van der Waals surface area contributed by atoms with Crippen LogP contribution in [-0.4, -0.2) is 29.6 Å². The number of carbonyl (C=O) groups is 2. The van der Waals surface area contributed by atoms with Crippen LogP contribution in [0.2, 0.25) is 0 Å². The average Bonchev–Trinajstić information content (AvgIpc) is 3.46. The van der Waals surface area contributed by atoms with Crippen LogP contribution in [0.15, 0.2) is 53.9 Å². The standard InChI is InChI=1S/C25H24N2O5S/c1-2-20-25(29)27(13-16-5-7-22-23(10-16)31-15-30-22)14-17-11-18(6-8-21(17)32-20)26-24(28)12-19-4-3-9-33-19/h3-11,20H,2,12-15H2,1H3,(H,26,28)/t20-/m1/s1. The maximum absolute atomic E-state index is 13.2.